The number of anilines is 1. The summed E-state index contributed by atoms with van der Waals surface area (Å²) in [5.74, 6) is 0.465. The van der Waals surface area contributed by atoms with Crippen LogP contribution in [0.5, 0.6) is 0 Å². The summed E-state index contributed by atoms with van der Waals surface area (Å²) in [5.41, 5.74) is 9.56. The molecule has 0 aliphatic carbocycles. The van der Waals surface area contributed by atoms with Gasteiger partial charge < -0.3 is 11.1 Å². The maximum atomic E-state index is 11.7. The largest absolute Gasteiger partial charge is 0.352 e. The van der Waals surface area contributed by atoms with Crippen LogP contribution < -0.4 is 16.5 Å². The van der Waals surface area contributed by atoms with Crippen molar-refractivity contribution in [1.29, 1.82) is 0 Å². The van der Waals surface area contributed by atoms with Crippen LogP contribution in [-0.4, -0.2) is 29.7 Å². The van der Waals surface area contributed by atoms with E-state index in [1.165, 1.54) is 6.20 Å². The number of nitrogens with zero attached hydrogens (tertiary/aromatic N) is 2. The monoisotopic (exact) mass is 249 g/mol. The molecular weight excluding hydrogens is 230 g/mol. The smallest absolute Gasteiger partial charge is 0.252 e. The second-order valence-electron chi connectivity index (χ2n) is 4.00. The van der Waals surface area contributed by atoms with Gasteiger partial charge in [0.15, 0.2) is 0 Å². The standard InChI is InChI=1S/C12H19N5O/c1-9(2)16-17-11-5-4-10(8-15-11)12(18)14-7-3-6-13/h4-5,8H,3,6-7,13H2,1-2H3,(H,14,18)(H,15,17). The lowest BCUT2D eigenvalue weighted by Gasteiger charge is -2.05. The predicted molar refractivity (Wildman–Crippen MR) is 72.6 cm³/mol. The number of amides is 1. The molecule has 98 valence electrons. The van der Waals surface area contributed by atoms with Crippen molar-refractivity contribution in [2.45, 2.75) is 20.3 Å². The van der Waals surface area contributed by atoms with Gasteiger partial charge in [0.1, 0.15) is 5.82 Å². The summed E-state index contributed by atoms with van der Waals surface area (Å²) < 4.78 is 0. The Morgan fingerprint density at radius 3 is 2.78 bits per heavy atom. The molecule has 0 spiro atoms. The second kappa shape index (κ2) is 7.39. The minimum atomic E-state index is -0.141. The molecule has 4 N–H and O–H groups in total. The first-order valence-corrected chi connectivity index (χ1v) is 5.84. The van der Waals surface area contributed by atoms with Gasteiger partial charge in [-0.05, 0) is 38.9 Å². The molecule has 0 unspecified atom stereocenters. The zero-order chi connectivity index (χ0) is 13.4. The van der Waals surface area contributed by atoms with Crippen molar-refractivity contribution in [2.24, 2.45) is 10.8 Å². The number of rotatable bonds is 6. The van der Waals surface area contributed by atoms with Crippen molar-refractivity contribution in [1.82, 2.24) is 10.3 Å². The SMILES string of the molecule is CC(C)=NNc1ccc(C(=O)NCCCN)cn1. The van der Waals surface area contributed by atoms with Crippen molar-refractivity contribution in [3.8, 4) is 0 Å². The Kier molecular flexibility index (Phi) is 5.79. The highest BCUT2D eigenvalue weighted by Gasteiger charge is 2.04. The summed E-state index contributed by atoms with van der Waals surface area (Å²) in [5, 5.41) is 6.78. The molecule has 1 heterocycles. The molecule has 6 heteroatoms. The fourth-order valence-corrected chi connectivity index (χ4v) is 1.17. The van der Waals surface area contributed by atoms with Crippen molar-refractivity contribution in [2.75, 3.05) is 18.5 Å². The molecule has 1 rings (SSSR count). The first kappa shape index (κ1) is 14.1. The summed E-state index contributed by atoms with van der Waals surface area (Å²) in [7, 11) is 0. The van der Waals surface area contributed by atoms with E-state index >= 15 is 0 Å². The van der Waals surface area contributed by atoms with Crippen LogP contribution in [0.3, 0.4) is 0 Å². The van der Waals surface area contributed by atoms with Crippen LogP contribution in [0.25, 0.3) is 0 Å². The Balaban J connectivity index is 2.54. The van der Waals surface area contributed by atoms with Gasteiger partial charge in [0.05, 0.1) is 5.56 Å². The Hall–Kier alpha value is -1.95. The van der Waals surface area contributed by atoms with Gasteiger partial charge in [-0.3, -0.25) is 10.2 Å². The van der Waals surface area contributed by atoms with Gasteiger partial charge in [-0.1, -0.05) is 0 Å². The van der Waals surface area contributed by atoms with Crippen LogP contribution in [0.2, 0.25) is 0 Å². The number of carbonyl (C=O) groups excluding carboxylic acids is 1. The highest BCUT2D eigenvalue weighted by atomic mass is 16.1. The molecule has 0 aliphatic heterocycles. The van der Waals surface area contributed by atoms with Gasteiger partial charge in [0, 0.05) is 18.5 Å². The lowest BCUT2D eigenvalue weighted by Crippen LogP contribution is -2.26. The summed E-state index contributed by atoms with van der Waals surface area (Å²) in [6.45, 7) is 4.91. The molecule has 0 radical (unpaired) electrons. The normalized spacial score (nSPS) is 9.72. The van der Waals surface area contributed by atoms with Crippen LogP contribution in [0, 0.1) is 0 Å². The Morgan fingerprint density at radius 2 is 2.22 bits per heavy atom. The van der Waals surface area contributed by atoms with Gasteiger partial charge in [0.2, 0.25) is 0 Å². The molecule has 18 heavy (non-hydrogen) atoms. The Bertz CT molecular complexity index is 409. The third-order valence-electron chi connectivity index (χ3n) is 2.09. The average molecular weight is 249 g/mol. The van der Waals surface area contributed by atoms with Crippen molar-refractivity contribution < 1.29 is 4.79 Å². The van der Waals surface area contributed by atoms with Gasteiger partial charge in [-0.15, -0.1) is 0 Å². The highest BCUT2D eigenvalue weighted by Crippen LogP contribution is 2.05. The van der Waals surface area contributed by atoms with E-state index in [1.54, 1.807) is 12.1 Å². The van der Waals surface area contributed by atoms with E-state index < -0.39 is 0 Å². The fourth-order valence-electron chi connectivity index (χ4n) is 1.17. The average Bonchev–Trinajstić information content (AvgIpc) is 2.37. The zero-order valence-electron chi connectivity index (χ0n) is 10.7. The van der Waals surface area contributed by atoms with Crippen molar-refractivity contribution in [3.05, 3.63) is 23.9 Å². The van der Waals surface area contributed by atoms with Crippen LogP contribution in [0.4, 0.5) is 5.82 Å². The lowest BCUT2D eigenvalue weighted by molar-refractivity contribution is 0.0953. The van der Waals surface area contributed by atoms with Gasteiger partial charge in [-0.2, -0.15) is 5.10 Å². The van der Waals surface area contributed by atoms with Crippen molar-refractivity contribution in [3.63, 3.8) is 0 Å². The van der Waals surface area contributed by atoms with Gasteiger partial charge >= 0.3 is 0 Å². The summed E-state index contributed by atoms with van der Waals surface area (Å²) in [4.78, 5) is 15.8. The Morgan fingerprint density at radius 1 is 1.44 bits per heavy atom. The number of nitrogens with one attached hydrogen (secondary N) is 2. The second-order valence-corrected chi connectivity index (χ2v) is 4.00. The molecule has 0 saturated heterocycles. The minimum Gasteiger partial charge on any atom is -0.352 e. The molecule has 0 aliphatic rings. The molecule has 0 aromatic carbocycles. The third-order valence-corrected chi connectivity index (χ3v) is 2.09. The summed E-state index contributed by atoms with van der Waals surface area (Å²) >= 11 is 0. The molecule has 0 saturated carbocycles. The highest BCUT2D eigenvalue weighted by molar-refractivity contribution is 5.94. The molecule has 1 aromatic heterocycles. The number of aromatic nitrogens is 1. The van der Waals surface area contributed by atoms with Crippen LogP contribution in [0.1, 0.15) is 30.6 Å². The van der Waals surface area contributed by atoms with Crippen LogP contribution in [0.15, 0.2) is 23.4 Å². The van der Waals surface area contributed by atoms with Crippen LogP contribution >= 0.6 is 0 Å². The Labute approximate surface area is 107 Å². The van der Waals surface area contributed by atoms with Gasteiger partial charge in [0.25, 0.3) is 5.91 Å². The van der Waals surface area contributed by atoms with E-state index in [9.17, 15) is 4.79 Å². The van der Waals surface area contributed by atoms with E-state index in [0.717, 1.165) is 12.1 Å². The maximum absolute atomic E-state index is 11.7. The number of nitrogens with two attached hydrogens (primary N) is 1. The predicted octanol–water partition coefficient (Wildman–Crippen LogP) is 0.968. The quantitative estimate of drug-likeness (QED) is 0.398. The van der Waals surface area contributed by atoms with E-state index in [2.05, 4.69) is 20.8 Å². The number of carbonyl (C=O) groups is 1. The first-order valence-electron chi connectivity index (χ1n) is 5.84. The first-order chi connectivity index (χ1) is 8.63. The number of pyridine rings is 1. The van der Waals surface area contributed by atoms with Crippen LogP contribution in [-0.2, 0) is 0 Å². The van der Waals surface area contributed by atoms with Crippen molar-refractivity contribution >= 4 is 17.4 Å². The molecule has 0 atom stereocenters. The van der Waals surface area contributed by atoms with E-state index in [0.29, 0.717) is 24.5 Å². The molecular formula is C12H19N5O. The van der Waals surface area contributed by atoms with E-state index in [1.807, 2.05) is 13.8 Å². The molecule has 1 amide bonds. The maximum Gasteiger partial charge on any atom is 0.252 e. The zero-order valence-corrected chi connectivity index (χ0v) is 10.7. The molecule has 0 fully saturated rings. The third kappa shape index (κ3) is 4.92. The van der Waals surface area contributed by atoms with E-state index in [4.69, 9.17) is 5.73 Å². The minimum absolute atomic E-state index is 0.141. The van der Waals surface area contributed by atoms with Gasteiger partial charge in [-0.25, -0.2) is 4.98 Å². The fraction of sp³-hybridized carbons (Fsp3) is 0.417. The molecule has 1 aromatic rings. The topological polar surface area (TPSA) is 92.4 Å². The summed E-state index contributed by atoms with van der Waals surface area (Å²) in [6, 6.07) is 3.41. The molecule has 0 bridgehead atoms. The lowest BCUT2D eigenvalue weighted by atomic mass is 10.2. The molecule has 6 nitrogen and oxygen atoms in total. The van der Waals surface area contributed by atoms with E-state index in [-0.39, 0.29) is 5.91 Å². The number of hydrogen-bond acceptors (Lipinski definition) is 5. The number of hydrogen-bond donors (Lipinski definition) is 3. The summed E-state index contributed by atoms with van der Waals surface area (Å²) in [6.07, 6.45) is 2.28. The number of hydrazone groups is 1.